The van der Waals surface area contributed by atoms with Gasteiger partial charge in [-0.1, -0.05) is 19.3 Å². The lowest BCUT2D eigenvalue weighted by Crippen LogP contribution is -2.39. The van der Waals surface area contributed by atoms with Crippen molar-refractivity contribution in [1.82, 2.24) is 4.90 Å². The van der Waals surface area contributed by atoms with Crippen molar-refractivity contribution >= 4 is 0 Å². The van der Waals surface area contributed by atoms with Gasteiger partial charge in [-0.3, -0.25) is 0 Å². The molecule has 0 radical (unpaired) electrons. The normalized spacial score (nSPS) is 40.1. The highest BCUT2D eigenvalue weighted by atomic mass is 15.1. The lowest BCUT2D eigenvalue weighted by molar-refractivity contribution is 0.105. The number of piperidine rings is 1. The van der Waals surface area contributed by atoms with Crippen LogP contribution in [-0.4, -0.2) is 25.0 Å². The molecule has 1 saturated heterocycles. The maximum absolute atomic E-state index is 2.51. The van der Waals surface area contributed by atoms with E-state index in [9.17, 15) is 0 Å². The zero-order valence-corrected chi connectivity index (χ0v) is 7.55. The molecule has 2 rings (SSSR count). The van der Waals surface area contributed by atoms with Crippen molar-refractivity contribution in [3.8, 4) is 0 Å². The lowest BCUT2D eigenvalue weighted by Gasteiger charge is -2.39. The van der Waals surface area contributed by atoms with Gasteiger partial charge in [-0.05, 0) is 38.3 Å². The van der Waals surface area contributed by atoms with Crippen LogP contribution in [-0.2, 0) is 0 Å². The van der Waals surface area contributed by atoms with Crippen molar-refractivity contribution in [2.24, 2.45) is 11.8 Å². The molecule has 1 nitrogen and oxygen atoms in total. The maximum atomic E-state index is 2.51. The summed E-state index contributed by atoms with van der Waals surface area (Å²) in [6.45, 7) is 2.73. The quantitative estimate of drug-likeness (QED) is 0.515. The van der Waals surface area contributed by atoms with Gasteiger partial charge in [-0.2, -0.15) is 0 Å². The number of fused-ring (bicyclic) bond motifs is 1. The number of rotatable bonds is 0. The Morgan fingerprint density at radius 2 is 1.73 bits per heavy atom. The molecule has 0 aromatic rings. The van der Waals surface area contributed by atoms with E-state index in [1.165, 1.54) is 45.2 Å². The highest BCUT2D eigenvalue weighted by Gasteiger charge is 2.29. The molecule has 0 N–H and O–H groups in total. The van der Waals surface area contributed by atoms with Gasteiger partial charge in [-0.15, -0.1) is 0 Å². The van der Waals surface area contributed by atoms with E-state index in [2.05, 4.69) is 11.9 Å². The molecule has 1 aliphatic carbocycles. The Morgan fingerprint density at radius 3 is 2.55 bits per heavy atom. The smallest absolute Gasteiger partial charge is 0.000926 e. The molecule has 2 fully saturated rings. The van der Waals surface area contributed by atoms with Gasteiger partial charge < -0.3 is 4.90 Å². The number of hydrogen-bond acceptors (Lipinski definition) is 1. The Bertz CT molecular complexity index is 133. The van der Waals surface area contributed by atoms with E-state index < -0.39 is 0 Å². The summed E-state index contributed by atoms with van der Waals surface area (Å²) in [5.41, 5.74) is 0. The summed E-state index contributed by atoms with van der Waals surface area (Å²) in [5, 5.41) is 0. The average molecular weight is 153 g/mol. The zero-order valence-electron chi connectivity index (χ0n) is 7.55. The van der Waals surface area contributed by atoms with Crippen molar-refractivity contribution in [3.63, 3.8) is 0 Å². The molecule has 64 valence electrons. The fraction of sp³-hybridized carbons (Fsp3) is 1.00. The van der Waals surface area contributed by atoms with Gasteiger partial charge in [-0.25, -0.2) is 0 Å². The first-order valence-electron chi connectivity index (χ1n) is 5.05. The minimum Gasteiger partial charge on any atom is -0.306 e. The van der Waals surface area contributed by atoms with Crippen LogP contribution in [0.2, 0.25) is 0 Å². The van der Waals surface area contributed by atoms with Crippen LogP contribution in [0.15, 0.2) is 0 Å². The molecule has 1 heterocycles. The van der Waals surface area contributed by atoms with Crippen LogP contribution in [0.1, 0.15) is 32.1 Å². The van der Waals surface area contributed by atoms with Gasteiger partial charge in [0, 0.05) is 6.54 Å². The SMILES string of the molecule is CN1CCC2CCCC[C@H]2C1. The molecule has 0 bridgehead atoms. The molecule has 0 aromatic carbocycles. The number of likely N-dealkylation sites (tertiary alicyclic amines) is 1. The van der Waals surface area contributed by atoms with Crippen molar-refractivity contribution in [3.05, 3.63) is 0 Å². The predicted molar refractivity (Wildman–Crippen MR) is 47.6 cm³/mol. The summed E-state index contributed by atoms with van der Waals surface area (Å²) < 4.78 is 0. The molecule has 2 aliphatic rings. The van der Waals surface area contributed by atoms with Crippen LogP contribution in [0.3, 0.4) is 0 Å². The first kappa shape index (κ1) is 7.60. The summed E-state index contributed by atoms with van der Waals surface area (Å²) in [6, 6.07) is 0. The van der Waals surface area contributed by atoms with Crippen molar-refractivity contribution in [2.75, 3.05) is 20.1 Å². The second-order valence-corrected chi connectivity index (χ2v) is 4.36. The summed E-state index contributed by atoms with van der Waals surface area (Å²) in [5.74, 6) is 2.16. The van der Waals surface area contributed by atoms with Crippen molar-refractivity contribution in [2.45, 2.75) is 32.1 Å². The highest BCUT2D eigenvalue weighted by Crippen LogP contribution is 2.35. The largest absolute Gasteiger partial charge is 0.306 e. The van der Waals surface area contributed by atoms with E-state index in [-0.39, 0.29) is 0 Å². The van der Waals surface area contributed by atoms with Crippen LogP contribution >= 0.6 is 0 Å². The molecule has 0 spiro atoms. The number of nitrogens with zero attached hydrogens (tertiary/aromatic N) is 1. The molecule has 1 aliphatic heterocycles. The van der Waals surface area contributed by atoms with E-state index in [0.29, 0.717) is 0 Å². The Hall–Kier alpha value is -0.0400. The van der Waals surface area contributed by atoms with Crippen molar-refractivity contribution < 1.29 is 0 Å². The molecule has 1 saturated carbocycles. The minimum absolute atomic E-state index is 1.06. The predicted octanol–water partition coefficient (Wildman–Crippen LogP) is 2.13. The second kappa shape index (κ2) is 3.14. The zero-order chi connectivity index (χ0) is 7.68. The van der Waals surface area contributed by atoms with E-state index >= 15 is 0 Å². The first-order chi connectivity index (χ1) is 5.36. The van der Waals surface area contributed by atoms with E-state index in [1.807, 2.05) is 0 Å². The van der Waals surface area contributed by atoms with E-state index in [4.69, 9.17) is 0 Å². The fourth-order valence-corrected chi connectivity index (χ4v) is 2.78. The van der Waals surface area contributed by atoms with Crippen molar-refractivity contribution in [1.29, 1.82) is 0 Å². The number of hydrogen-bond donors (Lipinski definition) is 0. The third-order valence-corrected chi connectivity index (χ3v) is 3.49. The standard InChI is InChI=1S/C10H19N/c1-11-7-6-9-4-2-3-5-10(9)8-11/h9-10H,2-8H2,1H3/t9?,10-/m0/s1. The molecule has 1 heteroatoms. The van der Waals surface area contributed by atoms with Crippen LogP contribution in [0, 0.1) is 11.8 Å². The molecule has 1 unspecified atom stereocenters. The molecule has 2 atom stereocenters. The lowest BCUT2D eigenvalue weighted by atomic mass is 9.75. The van der Waals surface area contributed by atoms with Gasteiger partial charge in [0.2, 0.25) is 0 Å². The topological polar surface area (TPSA) is 3.24 Å². The Balaban J connectivity index is 1.93. The highest BCUT2D eigenvalue weighted by molar-refractivity contribution is 4.81. The van der Waals surface area contributed by atoms with Gasteiger partial charge in [0.25, 0.3) is 0 Å². The van der Waals surface area contributed by atoms with Crippen LogP contribution < -0.4 is 0 Å². The van der Waals surface area contributed by atoms with Crippen LogP contribution in [0.4, 0.5) is 0 Å². The Kier molecular flexibility index (Phi) is 2.17. The van der Waals surface area contributed by atoms with E-state index in [0.717, 1.165) is 11.8 Å². The summed E-state index contributed by atoms with van der Waals surface area (Å²) in [4.78, 5) is 2.51. The minimum atomic E-state index is 1.06. The summed E-state index contributed by atoms with van der Waals surface area (Å²) in [7, 11) is 2.27. The monoisotopic (exact) mass is 153 g/mol. The third kappa shape index (κ3) is 1.58. The van der Waals surface area contributed by atoms with Gasteiger partial charge in [0.15, 0.2) is 0 Å². The third-order valence-electron chi connectivity index (χ3n) is 3.49. The molecule has 11 heavy (non-hydrogen) atoms. The summed E-state index contributed by atoms with van der Waals surface area (Å²) in [6.07, 6.45) is 7.51. The van der Waals surface area contributed by atoms with Gasteiger partial charge in [0.05, 0.1) is 0 Å². The molecular formula is C10H19N. The van der Waals surface area contributed by atoms with E-state index in [1.54, 1.807) is 0 Å². The fourth-order valence-electron chi connectivity index (χ4n) is 2.78. The first-order valence-corrected chi connectivity index (χ1v) is 5.05. The molecular weight excluding hydrogens is 134 g/mol. The average Bonchev–Trinajstić information content (AvgIpc) is 2.04. The maximum Gasteiger partial charge on any atom is 0.000926 e. The van der Waals surface area contributed by atoms with Crippen LogP contribution in [0.5, 0.6) is 0 Å². The van der Waals surface area contributed by atoms with Gasteiger partial charge >= 0.3 is 0 Å². The second-order valence-electron chi connectivity index (χ2n) is 4.36. The Labute approximate surface area is 69.8 Å². The molecule has 0 aromatic heterocycles. The Morgan fingerprint density at radius 1 is 1.00 bits per heavy atom. The van der Waals surface area contributed by atoms with Crippen LogP contribution in [0.25, 0.3) is 0 Å². The summed E-state index contributed by atoms with van der Waals surface area (Å²) >= 11 is 0. The van der Waals surface area contributed by atoms with Gasteiger partial charge in [0.1, 0.15) is 0 Å². The molecule has 0 amide bonds.